The van der Waals surface area contributed by atoms with E-state index in [1.807, 2.05) is 0 Å². The molecule has 0 amide bonds. The molecule has 0 aliphatic carbocycles. The predicted octanol–water partition coefficient (Wildman–Crippen LogP) is 2.77. The van der Waals surface area contributed by atoms with Gasteiger partial charge >= 0.3 is 6.30 Å². The molecule has 1 fully saturated rings. The van der Waals surface area contributed by atoms with E-state index in [2.05, 4.69) is 0 Å². The van der Waals surface area contributed by atoms with Crippen molar-refractivity contribution in [1.29, 1.82) is 0 Å². The SMILES string of the molecule is FC(F)(F)N1CCCCCCC1. The van der Waals surface area contributed by atoms with E-state index in [-0.39, 0.29) is 13.1 Å². The molecule has 4 heteroatoms. The van der Waals surface area contributed by atoms with Gasteiger partial charge in [0.25, 0.3) is 0 Å². The van der Waals surface area contributed by atoms with Crippen LogP contribution in [0.4, 0.5) is 13.2 Å². The van der Waals surface area contributed by atoms with Crippen LogP contribution in [0.1, 0.15) is 32.1 Å². The van der Waals surface area contributed by atoms with E-state index >= 15 is 0 Å². The van der Waals surface area contributed by atoms with Crippen molar-refractivity contribution in [3.05, 3.63) is 0 Å². The molecule has 0 aromatic heterocycles. The lowest BCUT2D eigenvalue weighted by atomic mass is 10.1. The van der Waals surface area contributed by atoms with Gasteiger partial charge in [-0.25, -0.2) is 4.90 Å². The first-order chi connectivity index (χ1) is 5.61. The zero-order valence-electron chi connectivity index (χ0n) is 7.03. The second-order valence-electron chi connectivity index (χ2n) is 3.22. The van der Waals surface area contributed by atoms with Crippen LogP contribution in [0.25, 0.3) is 0 Å². The third kappa shape index (κ3) is 3.01. The molecule has 1 rings (SSSR count). The largest absolute Gasteiger partial charge is 0.459 e. The minimum atomic E-state index is -4.11. The minimum Gasteiger partial charge on any atom is -0.214 e. The van der Waals surface area contributed by atoms with Gasteiger partial charge in [-0.1, -0.05) is 19.3 Å². The number of hydrogen-bond acceptors (Lipinski definition) is 1. The summed E-state index contributed by atoms with van der Waals surface area (Å²) >= 11 is 0. The normalized spacial score (nSPS) is 23.2. The van der Waals surface area contributed by atoms with Gasteiger partial charge in [-0.15, -0.1) is 0 Å². The Bertz CT molecular complexity index is 125. The fourth-order valence-electron chi connectivity index (χ4n) is 1.50. The monoisotopic (exact) mass is 181 g/mol. The van der Waals surface area contributed by atoms with Gasteiger partial charge in [0, 0.05) is 13.1 Å². The Morgan fingerprint density at radius 1 is 0.750 bits per heavy atom. The van der Waals surface area contributed by atoms with Crippen LogP contribution in [0, 0.1) is 0 Å². The summed E-state index contributed by atoms with van der Waals surface area (Å²) in [6, 6.07) is 0. The Balaban J connectivity index is 2.40. The lowest BCUT2D eigenvalue weighted by Crippen LogP contribution is -2.39. The lowest BCUT2D eigenvalue weighted by Gasteiger charge is -2.26. The van der Waals surface area contributed by atoms with E-state index in [0.717, 1.165) is 19.3 Å². The van der Waals surface area contributed by atoms with Crippen molar-refractivity contribution < 1.29 is 13.2 Å². The van der Waals surface area contributed by atoms with Crippen LogP contribution < -0.4 is 0 Å². The fourth-order valence-corrected chi connectivity index (χ4v) is 1.50. The minimum absolute atomic E-state index is 0.184. The number of hydrogen-bond donors (Lipinski definition) is 0. The van der Waals surface area contributed by atoms with Crippen molar-refractivity contribution in [3.8, 4) is 0 Å². The smallest absolute Gasteiger partial charge is 0.214 e. The summed E-state index contributed by atoms with van der Waals surface area (Å²) < 4.78 is 36.5. The maximum Gasteiger partial charge on any atom is 0.459 e. The number of alkyl halides is 3. The summed E-state index contributed by atoms with van der Waals surface area (Å²) in [5.41, 5.74) is 0. The number of nitrogens with zero attached hydrogens (tertiary/aromatic N) is 1. The second kappa shape index (κ2) is 4.12. The van der Waals surface area contributed by atoms with E-state index in [0.29, 0.717) is 17.7 Å². The van der Waals surface area contributed by atoms with E-state index < -0.39 is 6.30 Å². The molecule has 1 nitrogen and oxygen atoms in total. The molecule has 0 N–H and O–H groups in total. The van der Waals surface area contributed by atoms with Gasteiger partial charge in [-0.05, 0) is 12.8 Å². The van der Waals surface area contributed by atoms with E-state index in [4.69, 9.17) is 0 Å². The van der Waals surface area contributed by atoms with Crippen LogP contribution in [0.3, 0.4) is 0 Å². The molecule has 0 radical (unpaired) electrons. The van der Waals surface area contributed by atoms with Gasteiger partial charge in [0.2, 0.25) is 0 Å². The second-order valence-corrected chi connectivity index (χ2v) is 3.22. The number of halogens is 3. The maximum absolute atomic E-state index is 12.2. The quantitative estimate of drug-likeness (QED) is 0.519. The molecule has 0 unspecified atom stereocenters. The standard InChI is InChI=1S/C8H14F3N/c9-8(10,11)12-6-4-2-1-3-5-7-12/h1-7H2. The van der Waals surface area contributed by atoms with Gasteiger partial charge in [0.05, 0.1) is 0 Å². The molecule has 0 atom stereocenters. The molecule has 12 heavy (non-hydrogen) atoms. The first-order valence-corrected chi connectivity index (χ1v) is 4.42. The van der Waals surface area contributed by atoms with Crippen LogP contribution in [-0.2, 0) is 0 Å². The summed E-state index contributed by atoms with van der Waals surface area (Å²) in [7, 11) is 0. The Morgan fingerprint density at radius 3 is 1.58 bits per heavy atom. The van der Waals surface area contributed by atoms with Gasteiger partial charge in [0.15, 0.2) is 0 Å². The zero-order chi connectivity index (χ0) is 9.03. The Hall–Kier alpha value is -0.250. The molecule has 1 saturated heterocycles. The van der Waals surface area contributed by atoms with Crippen LogP contribution in [0.15, 0.2) is 0 Å². The van der Waals surface area contributed by atoms with Gasteiger partial charge < -0.3 is 0 Å². The number of rotatable bonds is 0. The summed E-state index contributed by atoms with van der Waals surface area (Å²) in [5, 5.41) is 0. The Labute approximate surface area is 70.5 Å². The van der Waals surface area contributed by atoms with Crippen LogP contribution in [0.2, 0.25) is 0 Å². The molecule has 1 heterocycles. The van der Waals surface area contributed by atoms with Crippen LogP contribution in [0.5, 0.6) is 0 Å². The Morgan fingerprint density at radius 2 is 1.17 bits per heavy atom. The third-order valence-electron chi connectivity index (χ3n) is 2.21. The maximum atomic E-state index is 12.2. The highest BCUT2D eigenvalue weighted by Gasteiger charge is 2.36. The molecule has 0 bridgehead atoms. The van der Waals surface area contributed by atoms with Crippen molar-refractivity contribution in [3.63, 3.8) is 0 Å². The van der Waals surface area contributed by atoms with Crippen molar-refractivity contribution in [2.24, 2.45) is 0 Å². The highest BCUT2D eigenvalue weighted by molar-refractivity contribution is 4.63. The summed E-state index contributed by atoms with van der Waals surface area (Å²) in [5.74, 6) is 0. The van der Waals surface area contributed by atoms with Crippen molar-refractivity contribution >= 4 is 0 Å². The molecule has 0 saturated carbocycles. The first kappa shape index (κ1) is 9.84. The average Bonchev–Trinajstić information content (AvgIpc) is 1.81. The summed E-state index contributed by atoms with van der Waals surface area (Å²) in [6.07, 6.45) is 0.210. The summed E-state index contributed by atoms with van der Waals surface area (Å²) in [4.78, 5) is 0.631. The van der Waals surface area contributed by atoms with Crippen LogP contribution >= 0.6 is 0 Å². The zero-order valence-corrected chi connectivity index (χ0v) is 7.03. The molecule has 0 aromatic carbocycles. The molecule has 0 spiro atoms. The number of likely N-dealkylation sites (tertiary alicyclic amines) is 1. The van der Waals surface area contributed by atoms with Crippen molar-refractivity contribution in [1.82, 2.24) is 4.90 Å². The molecular weight excluding hydrogens is 167 g/mol. The average molecular weight is 181 g/mol. The molecule has 72 valence electrons. The van der Waals surface area contributed by atoms with Gasteiger partial charge in [-0.3, -0.25) is 0 Å². The van der Waals surface area contributed by atoms with E-state index in [9.17, 15) is 13.2 Å². The van der Waals surface area contributed by atoms with Crippen LogP contribution in [-0.4, -0.2) is 24.3 Å². The predicted molar refractivity (Wildman–Crippen MR) is 40.7 cm³/mol. The van der Waals surface area contributed by atoms with E-state index in [1.54, 1.807) is 0 Å². The van der Waals surface area contributed by atoms with Crippen molar-refractivity contribution in [2.75, 3.05) is 13.1 Å². The first-order valence-electron chi connectivity index (χ1n) is 4.42. The molecule has 1 aliphatic heterocycles. The third-order valence-corrected chi connectivity index (χ3v) is 2.21. The van der Waals surface area contributed by atoms with Gasteiger partial charge in [0.1, 0.15) is 0 Å². The molecule has 0 aromatic rings. The van der Waals surface area contributed by atoms with Crippen molar-refractivity contribution in [2.45, 2.75) is 38.4 Å². The Kier molecular flexibility index (Phi) is 3.38. The van der Waals surface area contributed by atoms with E-state index in [1.165, 1.54) is 0 Å². The highest BCUT2D eigenvalue weighted by Crippen LogP contribution is 2.24. The fraction of sp³-hybridized carbons (Fsp3) is 1.00. The highest BCUT2D eigenvalue weighted by atomic mass is 19.4. The topological polar surface area (TPSA) is 3.24 Å². The molecule has 1 aliphatic rings. The molecular formula is C8H14F3N. The summed E-state index contributed by atoms with van der Waals surface area (Å²) in [6.45, 7) is 0.368. The van der Waals surface area contributed by atoms with Gasteiger partial charge in [-0.2, -0.15) is 13.2 Å². The lowest BCUT2D eigenvalue weighted by molar-refractivity contribution is -0.246.